The molecule has 0 aliphatic carbocycles. The lowest BCUT2D eigenvalue weighted by Crippen LogP contribution is -2.15. The number of nitrogens with one attached hydrogen (secondary N) is 1. The van der Waals surface area contributed by atoms with Crippen molar-refractivity contribution in [2.45, 2.75) is 18.7 Å². The highest BCUT2D eigenvalue weighted by Gasteiger charge is 2.18. The second-order valence-electron chi connectivity index (χ2n) is 5.73. The first-order chi connectivity index (χ1) is 11.9. The first kappa shape index (κ1) is 17.1. The molecule has 1 aromatic heterocycles. The molecule has 2 aromatic carbocycles. The van der Waals surface area contributed by atoms with Crippen molar-refractivity contribution in [2.24, 2.45) is 0 Å². The van der Waals surface area contributed by atoms with Crippen LogP contribution in [0.15, 0.2) is 65.6 Å². The van der Waals surface area contributed by atoms with Crippen molar-refractivity contribution in [3.8, 4) is 11.1 Å². The Labute approximate surface area is 146 Å². The number of nitrogens with zero attached hydrogens (tertiary/aromatic N) is 1. The predicted octanol–water partition coefficient (Wildman–Crippen LogP) is 4.31. The molecule has 0 aliphatic rings. The minimum absolute atomic E-state index is 0.135. The summed E-state index contributed by atoms with van der Waals surface area (Å²) < 4.78 is 41.6. The highest BCUT2D eigenvalue weighted by atomic mass is 32.2. The maximum atomic E-state index is 13.9. The summed E-state index contributed by atoms with van der Waals surface area (Å²) in [5, 5.41) is 0. The van der Waals surface area contributed by atoms with Crippen molar-refractivity contribution >= 4 is 15.8 Å². The summed E-state index contributed by atoms with van der Waals surface area (Å²) in [6.45, 7) is 3.47. The van der Waals surface area contributed by atoms with E-state index in [1.54, 1.807) is 62.4 Å². The second kappa shape index (κ2) is 6.64. The van der Waals surface area contributed by atoms with E-state index in [1.165, 1.54) is 12.1 Å². The monoisotopic (exact) mass is 356 g/mol. The average molecular weight is 356 g/mol. The number of sulfonamides is 1. The van der Waals surface area contributed by atoms with Gasteiger partial charge >= 0.3 is 0 Å². The molecule has 0 aliphatic heterocycles. The van der Waals surface area contributed by atoms with Crippen LogP contribution in [-0.4, -0.2) is 13.4 Å². The summed E-state index contributed by atoms with van der Waals surface area (Å²) in [6.07, 6.45) is 0. The van der Waals surface area contributed by atoms with Gasteiger partial charge in [0.15, 0.2) is 0 Å². The molecule has 25 heavy (non-hydrogen) atoms. The van der Waals surface area contributed by atoms with Crippen LogP contribution >= 0.6 is 0 Å². The standard InChI is InChI=1S/C19H17FN2O2S/c1-13-12-15(16-7-3-4-8-17(16)20)10-11-18(13)25(23,24)22-19-9-5-6-14(2)21-19/h3-12H,1-2H3,(H,21,22). The number of halogens is 1. The Bertz CT molecular complexity index is 1030. The molecule has 3 rings (SSSR count). The lowest BCUT2D eigenvalue weighted by atomic mass is 10.0. The van der Waals surface area contributed by atoms with Crippen LogP contribution in [0, 0.1) is 19.7 Å². The Morgan fingerprint density at radius 2 is 1.72 bits per heavy atom. The topological polar surface area (TPSA) is 59.1 Å². The minimum Gasteiger partial charge on any atom is -0.263 e. The number of rotatable bonds is 4. The van der Waals surface area contributed by atoms with Crippen molar-refractivity contribution < 1.29 is 12.8 Å². The summed E-state index contributed by atoms with van der Waals surface area (Å²) >= 11 is 0. The van der Waals surface area contributed by atoms with Crippen LogP contribution in [0.5, 0.6) is 0 Å². The van der Waals surface area contributed by atoms with Gasteiger partial charge in [-0.1, -0.05) is 30.3 Å². The summed E-state index contributed by atoms with van der Waals surface area (Å²) in [5.74, 6) is -0.0860. The van der Waals surface area contributed by atoms with Crippen LogP contribution in [0.3, 0.4) is 0 Å². The number of hydrogen-bond acceptors (Lipinski definition) is 3. The van der Waals surface area contributed by atoms with Gasteiger partial charge in [0.05, 0.1) is 4.90 Å². The Balaban J connectivity index is 1.96. The number of pyridine rings is 1. The number of hydrogen-bond donors (Lipinski definition) is 1. The fourth-order valence-electron chi connectivity index (χ4n) is 2.61. The Morgan fingerprint density at radius 1 is 0.960 bits per heavy atom. The molecule has 6 heteroatoms. The zero-order valence-corrected chi connectivity index (χ0v) is 14.6. The van der Waals surface area contributed by atoms with Crippen LogP contribution in [0.2, 0.25) is 0 Å². The maximum Gasteiger partial charge on any atom is 0.263 e. The molecule has 0 unspecified atom stereocenters. The summed E-state index contributed by atoms with van der Waals surface area (Å²) in [4.78, 5) is 4.29. The molecule has 0 bridgehead atoms. The van der Waals surface area contributed by atoms with Gasteiger partial charge < -0.3 is 0 Å². The quantitative estimate of drug-likeness (QED) is 0.758. The normalized spacial score (nSPS) is 11.3. The van der Waals surface area contributed by atoms with Gasteiger partial charge in [0.2, 0.25) is 0 Å². The zero-order valence-electron chi connectivity index (χ0n) is 13.8. The molecular weight excluding hydrogens is 339 g/mol. The van der Waals surface area contributed by atoms with Crippen molar-refractivity contribution in [3.63, 3.8) is 0 Å². The SMILES string of the molecule is Cc1cccc(NS(=O)(=O)c2ccc(-c3ccccc3F)cc2C)n1. The Morgan fingerprint density at radius 3 is 2.40 bits per heavy atom. The van der Waals surface area contributed by atoms with Gasteiger partial charge in [0.1, 0.15) is 11.6 Å². The van der Waals surface area contributed by atoms with Gasteiger partial charge in [-0.3, -0.25) is 4.72 Å². The maximum absolute atomic E-state index is 13.9. The lowest BCUT2D eigenvalue weighted by molar-refractivity contribution is 0.600. The van der Waals surface area contributed by atoms with Gasteiger partial charge in [-0.2, -0.15) is 0 Å². The molecule has 0 atom stereocenters. The first-order valence-electron chi connectivity index (χ1n) is 7.69. The molecular formula is C19H17FN2O2S. The van der Waals surface area contributed by atoms with Gasteiger partial charge in [0, 0.05) is 11.3 Å². The van der Waals surface area contributed by atoms with Crippen molar-refractivity contribution in [2.75, 3.05) is 4.72 Å². The van der Waals surface area contributed by atoms with E-state index >= 15 is 0 Å². The molecule has 128 valence electrons. The van der Waals surface area contributed by atoms with Crippen LogP contribution < -0.4 is 4.72 Å². The Hall–Kier alpha value is -2.73. The third-order valence-corrected chi connectivity index (χ3v) is 5.29. The fourth-order valence-corrected chi connectivity index (χ4v) is 3.84. The predicted molar refractivity (Wildman–Crippen MR) is 96.4 cm³/mol. The van der Waals surface area contributed by atoms with E-state index in [0.29, 0.717) is 22.4 Å². The lowest BCUT2D eigenvalue weighted by Gasteiger charge is -2.12. The molecule has 0 radical (unpaired) electrons. The molecule has 3 aromatic rings. The van der Waals surface area contributed by atoms with Crippen LogP contribution in [-0.2, 0) is 10.0 Å². The smallest absolute Gasteiger partial charge is 0.263 e. The van der Waals surface area contributed by atoms with Gasteiger partial charge in [-0.15, -0.1) is 0 Å². The molecule has 0 spiro atoms. The summed E-state index contributed by atoms with van der Waals surface area (Å²) in [5.41, 5.74) is 2.30. The van der Waals surface area contributed by atoms with E-state index in [2.05, 4.69) is 9.71 Å². The van der Waals surface area contributed by atoms with E-state index < -0.39 is 10.0 Å². The third-order valence-electron chi connectivity index (χ3n) is 3.78. The molecule has 0 saturated carbocycles. The zero-order chi connectivity index (χ0) is 18.0. The van der Waals surface area contributed by atoms with E-state index in [-0.39, 0.29) is 16.5 Å². The second-order valence-corrected chi connectivity index (χ2v) is 7.38. The highest BCUT2D eigenvalue weighted by molar-refractivity contribution is 7.92. The van der Waals surface area contributed by atoms with Crippen molar-refractivity contribution in [3.05, 3.63) is 77.7 Å². The molecule has 1 N–H and O–H groups in total. The molecule has 0 amide bonds. The molecule has 4 nitrogen and oxygen atoms in total. The van der Waals surface area contributed by atoms with E-state index in [9.17, 15) is 12.8 Å². The number of benzene rings is 2. The number of anilines is 1. The van der Waals surface area contributed by atoms with E-state index in [0.717, 1.165) is 0 Å². The van der Waals surface area contributed by atoms with Gasteiger partial charge in [-0.25, -0.2) is 17.8 Å². The minimum atomic E-state index is -3.78. The van der Waals surface area contributed by atoms with Crippen LogP contribution in [0.1, 0.15) is 11.3 Å². The van der Waals surface area contributed by atoms with E-state index in [1.807, 2.05) is 0 Å². The van der Waals surface area contributed by atoms with Gasteiger partial charge in [0.25, 0.3) is 10.0 Å². The summed E-state index contributed by atoms with van der Waals surface area (Å²) in [7, 11) is -3.78. The van der Waals surface area contributed by atoms with Gasteiger partial charge in [-0.05, 0) is 55.3 Å². The molecule has 0 fully saturated rings. The largest absolute Gasteiger partial charge is 0.263 e. The van der Waals surface area contributed by atoms with E-state index in [4.69, 9.17) is 0 Å². The highest BCUT2D eigenvalue weighted by Crippen LogP contribution is 2.27. The van der Waals surface area contributed by atoms with Crippen molar-refractivity contribution in [1.29, 1.82) is 0 Å². The Kier molecular flexibility index (Phi) is 4.55. The number of aromatic nitrogens is 1. The van der Waals surface area contributed by atoms with Crippen LogP contribution in [0.4, 0.5) is 10.2 Å². The molecule has 0 saturated heterocycles. The van der Waals surface area contributed by atoms with Crippen LogP contribution in [0.25, 0.3) is 11.1 Å². The summed E-state index contributed by atoms with van der Waals surface area (Å²) in [6, 6.07) is 16.2. The molecule has 1 heterocycles. The third kappa shape index (κ3) is 3.69. The fraction of sp³-hybridized carbons (Fsp3) is 0.105. The van der Waals surface area contributed by atoms with Crippen molar-refractivity contribution in [1.82, 2.24) is 4.98 Å². The average Bonchev–Trinajstić information content (AvgIpc) is 2.54. The first-order valence-corrected chi connectivity index (χ1v) is 9.17. The number of aryl methyl sites for hydroxylation is 2.